The van der Waals surface area contributed by atoms with Crippen molar-refractivity contribution in [1.29, 1.82) is 0 Å². The third kappa shape index (κ3) is 3.46. The molecule has 0 aliphatic carbocycles. The highest BCUT2D eigenvalue weighted by molar-refractivity contribution is 5.57. The number of oxazole rings is 1. The molecular formula is C14H21N5O. The molecule has 0 radical (unpaired) electrons. The average Bonchev–Trinajstić information content (AvgIpc) is 2.83. The summed E-state index contributed by atoms with van der Waals surface area (Å²) >= 11 is 0. The largest absolute Gasteiger partial charge is 0.444 e. The van der Waals surface area contributed by atoms with Gasteiger partial charge < -0.3 is 15.1 Å². The fourth-order valence-corrected chi connectivity index (χ4v) is 1.86. The monoisotopic (exact) mass is 275 g/mol. The fourth-order valence-electron chi connectivity index (χ4n) is 1.86. The minimum absolute atomic E-state index is 0.512. The summed E-state index contributed by atoms with van der Waals surface area (Å²) in [4.78, 5) is 13.0. The van der Waals surface area contributed by atoms with Crippen LogP contribution in [0.1, 0.15) is 36.4 Å². The maximum absolute atomic E-state index is 5.44. The molecule has 0 spiro atoms. The van der Waals surface area contributed by atoms with E-state index in [0.29, 0.717) is 12.4 Å². The van der Waals surface area contributed by atoms with Crippen LogP contribution in [0.15, 0.2) is 10.6 Å². The van der Waals surface area contributed by atoms with E-state index in [4.69, 9.17) is 4.42 Å². The Kier molecular flexibility index (Phi) is 4.55. The van der Waals surface area contributed by atoms with E-state index >= 15 is 0 Å². The molecule has 2 aromatic heterocycles. The second-order valence-corrected chi connectivity index (χ2v) is 4.74. The van der Waals surface area contributed by atoms with Gasteiger partial charge >= 0.3 is 0 Å². The van der Waals surface area contributed by atoms with Gasteiger partial charge in [0.15, 0.2) is 0 Å². The molecule has 6 nitrogen and oxygen atoms in total. The average molecular weight is 275 g/mol. The normalized spacial score (nSPS) is 10.6. The Morgan fingerprint density at radius 2 is 1.80 bits per heavy atom. The maximum atomic E-state index is 5.44. The summed E-state index contributed by atoms with van der Waals surface area (Å²) < 4.78 is 5.44. The van der Waals surface area contributed by atoms with Crippen LogP contribution in [0, 0.1) is 20.8 Å². The van der Waals surface area contributed by atoms with Crippen LogP contribution in [0.5, 0.6) is 0 Å². The van der Waals surface area contributed by atoms with Gasteiger partial charge in [0.1, 0.15) is 23.2 Å². The van der Waals surface area contributed by atoms with E-state index < -0.39 is 0 Å². The molecule has 0 saturated heterocycles. The zero-order valence-corrected chi connectivity index (χ0v) is 12.4. The SMILES string of the molecule is CCCNc1nc(C)nc(NCc2ncc(C)o2)c1C. The third-order valence-corrected chi connectivity index (χ3v) is 2.88. The van der Waals surface area contributed by atoms with Crippen molar-refractivity contribution in [2.45, 2.75) is 40.7 Å². The highest BCUT2D eigenvalue weighted by atomic mass is 16.4. The lowest BCUT2D eigenvalue weighted by Crippen LogP contribution is -2.10. The molecule has 0 saturated carbocycles. The minimum Gasteiger partial charge on any atom is -0.444 e. The number of nitrogens with zero attached hydrogens (tertiary/aromatic N) is 3. The Bertz CT molecular complexity index is 579. The van der Waals surface area contributed by atoms with E-state index in [0.717, 1.165) is 41.7 Å². The summed E-state index contributed by atoms with van der Waals surface area (Å²) in [5.41, 5.74) is 1.01. The van der Waals surface area contributed by atoms with Gasteiger partial charge in [-0.05, 0) is 27.2 Å². The van der Waals surface area contributed by atoms with Gasteiger partial charge in [0.2, 0.25) is 5.89 Å². The molecule has 0 unspecified atom stereocenters. The third-order valence-electron chi connectivity index (χ3n) is 2.88. The van der Waals surface area contributed by atoms with Crippen LogP contribution in [-0.4, -0.2) is 21.5 Å². The van der Waals surface area contributed by atoms with Gasteiger partial charge in [-0.25, -0.2) is 15.0 Å². The highest BCUT2D eigenvalue weighted by Crippen LogP contribution is 2.20. The predicted octanol–water partition coefficient (Wildman–Crippen LogP) is 2.82. The molecule has 6 heteroatoms. The number of aromatic nitrogens is 3. The Morgan fingerprint density at radius 3 is 2.40 bits per heavy atom. The lowest BCUT2D eigenvalue weighted by atomic mass is 10.3. The van der Waals surface area contributed by atoms with Crippen LogP contribution in [0.2, 0.25) is 0 Å². The van der Waals surface area contributed by atoms with Gasteiger partial charge in [0, 0.05) is 12.1 Å². The molecule has 108 valence electrons. The molecule has 0 aliphatic heterocycles. The molecule has 2 heterocycles. The topological polar surface area (TPSA) is 75.9 Å². The number of hydrogen-bond donors (Lipinski definition) is 2. The van der Waals surface area contributed by atoms with Crippen molar-refractivity contribution in [3.8, 4) is 0 Å². The first-order valence-electron chi connectivity index (χ1n) is 6.84. The lowest BCUT2D eigenvalue weighted by Gasteiger charge is -2.13. The van der Waals surface area contributed by atoms with Gasteiger partial charge in [0.25, 0.3) is 0 Å². The van der Waals surface area contributed by atoms with E-state index in [1.54, 1.807) is 6.20 Å². The maximum Gasteiger partial charge on any atom is 0.213 e. The highest BCUT2D eigenvalue weighted by Gasteiger charge is 2.09. The first-order valence-corrected chi connectivity index (χ1v) is 6.84. The molecule has 0 amide bonds. The quantitative estimate of drug-likeness (QED) is 0.844. The summed E-state index contributed by atoms with van der Waals surface area (Å²) in [5, 5.41) is 6.57. The summed E-state index contributed by atoms with van der Waals surface area (Å²) in [6.07, 6.45) is 2.77. The summed E-state index contributed by atoms with van der Waals surface area (Å²) in [5.74, 6) is 3.89. The summed E-state index contributed by atoms with van der Waals surface area (Å²) in [6, 6.07) is 0. The Hall–Kier alpha value is -2.11. The standard InChI is InChI=1S/C14H21N5O/c1-5-6-15-13-10(3)14(19-11(4)18-13)17-8-12-16-7-9(2)20-12/h7H,5-6,8H2,1-4H3,(H2,15,17,18,19). The fraction of sp³-hybridized carbons (Fsp3) is 0.500. The second kappa shape index (κ2) is 6.36. The minimum atomic E-state index is 0.512. The number of hydrogen-bond acceptors (Lipinski definition) is 6. The molecule has 0 aromatic carbocycles. The van der Waals surface area contributed by atoms with Gasteiger partial charge in [-0.1, -0.05) is 6.92 Å². The van der Waals surface area contributed by atoms with Gasteiger partial charge in [-0.15, -0.1) is 0 Å². The van der Waals surface area contributed by atoms with Crippen molar-refractivity contribution < 1.29 is 4.42 Å². The van der Waals surface area contributed by atoms with E-state index in [2.05, 4.69) is 32.5 Å². The number of anilines is 2. The number of nitrogens with one attached hydrogen (secondary N) is 2. The van der Waals surface area contributed by atoms with Gasteiger partial charge in [0.05, 0.1) is 12.7 Å². The zero-order valence-electron chi connectivity index (χ0n) is 12.4. The first kappa shape index (κ1) is 14.3. The molecule has 2 aromatic rings. The van der Waals surface area contributed by atoms with E-state index in [1.165, 1.54) is 0 Å². The number of aryl methyl sites for hydroxylation is 2. The summed E-state index contributed by atoms with van der Waals surface area (Å²) in [6.45, 7) is 9.30. The molecule has 0 atom stereocenters. The van der Waals surface area contributed by atoms with Crippen molar-refractivity contribution in [1.82, 2.24) is 15.0 Å². The molecule has 0 aliphatic rings. The molecule has 2 N–H and O–H groups in total. The van der Waals surface area contributed by atoms with Gasteiger partial charge in [-0.3, -0.25) is 0 Å². The Labute approximate surface area is 119 Å². The molecule has 0 bridgehead atoms. The van der Waals surface area contributed by atoms with Gasteiger partial charge in [-0.2, -0.15) is 0 Å². The van der Waals surface area contributed by atoms with Crippen molar-refractivity contribution >= 4 is 11.6 Å². The molecule has 2 rings (SSSR count). The lowest BCUT2D eigenvalue weighted by molar-refractivity contribution is 0.478. The van der Waals surface area contributed by atoms with Crippen molar-refractivity contribution in [3.05, 3.63) is 29.2 Å². The zero-order chi connectivity index (χ0) is 14.5. The Balaban J connectivity index is 2.12. The molecule has 20 heavy (non-hydrogen) atoms. The predicted molar refractivity (Wildman–Crippen MR) is 78.9 cm³/mol. The van der Waals surface area contributed by atoms with Crippen LogP contribution in [0.25, 0.3) is 0 Å². The van der Waals surface area contributed by atoms with Crippen LogP contribution in [-0.2, 0) is 6.54 Å². The Morgan fingerprint density at radius 1 is 1.10 bits per heavy atom. The first-order chi connectivity index (χ1) is 9.60. The van der Waals surface area contributed by atoms with E-state index in [-0.39, 0.29) is 0 Å². The van der Waals surface area contributed by atoms with Crippen molar-refractivity contribution in [2.75, 3.05) is 17.2 Å². The smallest absolute Gasteiger partial charge is 0.213 e. The molecular weight excluding hydrogens is 254 g/mol. The molecule has 0 fully saturated rings. The van der Waals surface area contributed by atoms with Crippen molar-refractivity contribution in [3.63, 3.8) is 0 Å². The van der Waals surface area contributed by atoms with Crippen molar-refractivity contribution in [2.24, 2.45) is 0 Å². The van der Waals surface area contributed by atoms with E-state index in [9.17, 15) is 0 Å². The van der Waals surface area contributed by atoms with Crippen LogP contribution < -0.4 is 10.6 Å². The number of rotatable bonds is 6. The second-order valence-electron chi connectivity index (χ2n) is 4.74. The van der Waals surface area contributed by atoms with Crippen LogP contribution in [0.3, 0.4) is 0 Å². The van der Waals surface area contributed by atoms with E-state index in [1.807, 2.05) is 20.8 Å². The van der Waals surface area contributed by atoms with Crippen LogP contribution >= 0.6 is 0 Å². The van der Waals surface area contributed by atoms with Crippen LogP contribution in [0.4, 0.5) is 11.6 Å². The summed E-state index contributed by atoms with van der Waals surface area (Å²) in [7, 11) is 0.